The van der Waals surface area contributed by atoms with Crippen LogP contribution in [0.2, 0.25) is 0 Å². The fourth-order valence-electron chi connectivity index (χ4n) is 2.67. The van der Waals surface area contributed by atoms with E-state index in [1.165, 1.54) is 12.1 Å². The van der Waals surface area contributed by atoms with Gasteiger partial charge >= 0.3 is 12.1 Å². The first-order valence-corrected chi connectivity index (χ1v) is 9.56. The summed E-state index contributed by atoms with van der Waals surface area (Å²) in [6.45, 7) is 1.93. The topological polar surface area (TPSA) is 95.9 Å². The molecule has 148 valence electrons. The van der Waals surface area contributed by atoms with Crippen molar-refractivity contribution in [3.8, 4) is 5.75 Å². The van der Waals surface area contributed by atoms with Crippen LogP contribution in [0.3, 0.4) is 0 Å². The maximum absolute atomic E-state index is 12.4. The molecule has 0 spiro atoms. The number of carboxylic acid groups (broad SMARTS) is 1. The normalized spacial score (nSPS) is 13.1. The van der Waals surface area contributed by atoms with Crippen LogP contribution in [-0.4, -0.2) is 22.3 Å². The number of rotatable bonds is 8. The van der Waals surface area contributed by atoms with Crippen molar-refractivity contribution in [2.75, 3.05) is 5.32 Å². The van der Waals surface area contributed by atoms with E-state index < -0.39 is 18.2 Å². The molecule has 0 aromatic heterocycles. The molecule has 0 aliphatic heterocycles. The van der Waals surface area contributed by atoms with Crippen LogP contribution in [0, 0.1) is 5.92 Å². The molecule has 2 atom stereocenters. The molecule has 0 bridgehead atoms. The Morgan fingerprint density at radius 1 is 1.14 bits per heavy atom. The summed E-state index contributed by atoms with van der Waals surface area (Å²) in [6, 6.07) is 13.6. The first kappa shape index (κ1) is 21.5. The first-order chi connectivity index (χ1) is 13.3. The lowest BCUT2D eigenvalue weighted by Crippen LogP contribution is -2.22. The summed E-state index contributed by atoms with van der Waals surface area (Å²) < 4.78 is 6.57. The predicted octanol–water partition coefficient (Wildman–Crippen LogP) is 5.50. The molecule has 0 radical (unpaired) electrons. The number of amides is 1. The Bertz CT molecular complexity index is 818. The van der Waals surface area contributed by atoms with Gasteiger partial charge in [-0.05, 0) is 60.7 Å². The van der Waals surface area contributed by atoms with Crippen LogP contribution < -0.4 is 5.32 Å². The van der Waals surface area contributed by atoms with Crippen LogP contribution in [0.15, 0.2) is 65.2 Å². The van der Waals surface area contributed by atoms with Gasteiger partial charge < -0.3 is 14.9 Å². The Balaban J connectivity index is 2.08. The number of phenols is 1. The largest absolute Gasteiger partial charge is 0.508 e. The van der Waals surface area contributed by atoms with Gasteiger partial charge in [-0.1, -0.05) is 41.1 Å². The van der Waals surface area contributed by atoms with Crippen molar-refractivity contribution in [1.29, 1.82) is 0 Å². The van der Waals surface area contributed by atoms with Crippen LogP contribution in [0.25, 0.3) is 0 Å². The maximum atomic E-state index is 12.4. The van der Waals surface area contributed by atoms with Crippen molar-refractivity contribution in [2.24, 2.45) is 5.92 Å². The number of phenolic OH excluding ortho intramolecular Hbond substituents is 1. The van der Waals surface area contributed by atoms with E-state index in [1.807, 2.05) is 19.1 Å². The summed E-state index contributed by atoms with van der Waals surface area (Å²) in [5.74, 6) is -0.939. The minimum atomic E-state index is -0.993. The smallest absolute Gasteiger partial charge is 0.412 e. The van der Waals surface area contributed by atoms with Gasteiger partial charge in [0.1, 0.15) is 11.9 Å². The fourth-order valence-corrected chi connectivity index (χ4v) is 2.93. The van der Waals surface area contributed by atoms with Gasteiger partial charge in [-0.2, -0.15) is 0 Å². The molecule has 0 aliphatic carbocycles. The minimum absolute atomic E-state index is 0.0707. The van der Waals surface area contributed by atoms with Gasteiger partial charge in [0.05, 0.1) is 0 Å². The number of benzene rings is 2. The molecule has 0 unspecified atom stereocenters. The van der Waals surface area contributed by atoms with Gasteiger partial charge in [0.2, 0.25) is 0 Å². The monoisotopic (exact) mass is 447 g/mol. The number of halogens is 1. The van der Waals surface area contributed by atoms with E-state index in [2.05, 4.69) is 21.2 Å². The highest BCUT2D eigenvalue weighted by Crippen LogP contribution is 2.31. The van der Waals surface area contributed by atoms with Crippen molar-refractivity contribution < 1.29 is 24.5 Å². The number of ether oxygens (including phenoxy) is 1. The van der Waals surface area contributed by atoms with Crippen LogP contribution in [0.4, 0.5) is 10.5 Å². The van der Waals surface area contributed by atoms with Crippen molar-refractivity contribution in [3.63, 3.8) is 0 Å². The SMILES string of the molecule is C[C@@H](CC/C=C/C(=O)O)[C@@H](OC(=O)Nc1ccc(Br)cc1)c1ccc(O)cc1. The average molecular weight is 448 g/mol. The lowest BCUT2D eigenvalue weighted by atomic mass is 9.93. The van der Waals surface area contributed by atoms with E-state index in [0.29, 0.717) is 18.5 Å². The number of anilines is 1. The van der Waals surface area contributed by atoms with Gasteiger partial charge in [-0.25, -0.2) is 9.59 Å². The third kappa shape index (κ3) is 7.08. The molecule has 0 saturated carbocycles. The lowest BCUT2D eigenvalue weighted by molar-refractivity contribution is -0.131. The lowest BCUT2D eigenvalue weighted by Gasteiger charge is -2.24. The second kappa shape index (κ2) is 10.5. The van der Waals surface area contributed by atoms with Crippen molar-refractivity contribution in [2.45, 2.75) is 25.9 Å². The maximum Gasteiger partial charge on any atom is 0.412 e. The summed E-state index contributed by atoms with van der Waals surface area (Å²) in [5, 5.41) is 20.9. The first-order valence-electron chi connectivity index (χ1n) is 8.76. The minimum Gasteiger partial charge on any atom is -0.508 e. The van der Waals surface area contributed by atoms with Crippen LogP contribution in [-0.2, 0) is 9.53 Å². The fraction of sp³-hybridized carbons (Fsp3) is 0.238. The second-order valence-corrected chi connectivity index (χ2v) is 7.26. The summed E-state index contributed by atoms with van der Waals surface area (Å²) in [7, 11) is 0. The Labute approximate surface area is 172 Å². The molecular weight excluding hydrogens is 426 g/mol. The number of nitrogens with one attached hydrogen (secondary N) is 1. The standard InChI is InChI=1S/C21H22BrNO5/c1-14(4-2-3-5-19(25)26)20(15-6-12-18(24)13-7-15)28-21(27)23-17-10-8-16(22)9-11-17/h3,5-14,20,24H,2,4H2,1H3,(H,23,27)(H,25,26)/b5-3+/t14-,20+/m0/s1. The molecule has 28 heavy (non-hydrogen) atoms. The molecular formula is C21H22BrNO5. The zero-order valence-electron chi connectivity index (χ0n) is 15.3. The Hall–Kier alpha value is -2.80. The molecule has 0 fully saturated rings. The third-order valence-corrected chi connectivity index (χ3v) is 4.64. The van der Waals surface area contributed by atoms with E-state index in [0.717, 1.165) is 16.1 Å². The zero-order valence-corrected chi connectivity index (χ0v) is 16.9. The molecule has 7 heteroatoms. The second-order valence-electron chi connectivity index (χ2n) is 6.34. The van der Waals surface area contributed by atoms with Gasteiger partial charge in [0, 0.05) is 16.2 Å². The summed E-state index contributed by atoms with van der Waals surface area (Å²) >= 11 is 3.34. The molecule has 0 saturated heterocycles. The average Bonchev–Trinajstić information content (AvgIpc) is 2.66. The van der Waals surface area contributed by atoms with E-state index in [4.69, 9.17) is 9.84 Å². The van der Waals surface area contributed by atoms with E-state index in [1.54, 1.807) is 30.3 Å². The number of allylic oxidation sites excluding steroid dienone is 1. The number of hydrogen-bond donors (Lipinski definition) is 3. The van der Waals surface area contributed by atoms with Gasteiger partial charge in [0.25, 0.3) is 0 Å². The number of hydrogen-bond acceptors (Lipinski definition) is 4. The highest BCUT2D eigenvalue weighted by molar-refractivity contribution is 9.10. The van der Waals surface area contributed by atoms with Crippen LogP contribution >= 0.6 is 15.9 Å². The van der Waals surface area contributed by atoms with E-state index in [-0.39, 0.29) is 11.7 Å². The quantitative estimate of drug-likeness (QED) is 0.464. The predicted molar refractivity (Wildman–Crippen MR) is 110 cm³/mol. The third-order valence-electron chi connectivity index (χ3n) is 4.11. The Morgan fingerprint density at radius 3 is 2.39 bits per heavy atom. The van der Waals surface area contributed by atoms with Crippen LogP contribution in [0.5, 0.6) is 5.75 Å². The van der Waals surface area contributed by atoms with Crippen molar-refractivity contribution in [1.82, 2.24) is 0 Å². The number of aliphatic carboxylic acids is 1. The molecule has 2 aromatic carbocycles. The number of aromatic hydroxyl groups is 1. The number of carbonyl (C=O) groups is 2. The van der Waals surface area contributed by atoms with E-state index >= 15 is 0 Å². The van der Waals surface area contributed by atoms with Gasteiger partial charge in [-0.3, -0.25) is 5.32 Å². The number of carbonyl (C=O) groups excluding carboxylic acids is 1. The van der Waals surface area contributed by atoms with Crippen molar-refractivity contribution >= 4 is 33.7 Å². The van der Waals surface area contributed by atoms with Crippen molar-refractivity contribution in [3.05, 3.63) is 70.7 Å². The zero-order chi connectivity index (χ0) is 20.5. The molecule has 2 rings (SSSR count). The molecule has 3 N–H and O–H groups in total. The molecule has 0 aliphatic rings. The molecule has 1 amide bonds. The van der Waals surface area contributed by atoms with Crippen LogP contribution in [0.1, 0.15) is 31.4 Å². The highest BCUT2D eigenvalue weighted by atomic mass is 79.9. The summed E-state index contributed by atoms with van der Waals surface area (Å²) in [5.41, 5.74) is 1.35. The Morgan fingerprint density at radius 2 is 1.79 bits per heavy atom. The Kier molecular flexibility index (Phi) is 8.07. The van der Waals surface area contributed by atoms with Gasteiger partial charge in [0.15, 0.2) is 0 Å². The molecule has 0 heterocycles. The summed E-state index contributed by atoms with van der Waals surface area (Å²) in [6.07, 6.45) is 2.71. The molecule has 6 nitrogen and oxygen atoms in total. The summed E-state index contributed by atoms with van der Waals surface area (Å²) in [4.78, 5) is 23.0. The number of carboxylic acids is 1. The molecule has 2 aromatic rings. The van der Waals surface area contributed by atoms with E-state index in [9.17, 15) is 14.7 Å². The highest BCUT2D eigenvalue weighted by Gasteiger charge is 2.23. The van der Waals surface area contributed by atoms with Gasteiger partial charge in [-0.15, -0.1) is 0 Å².